The van der Waals surface area contributed by atoms with Crippen molar-refractivity contribution in [2.45, 2.75) is 136 Å². The number of rotatable bonds is 0. The fourth-order valence-corrected chi connectivity index (χ4v) is 4.27. The van der Waals surface area contributed by atoms with Gasteiger partial charge in [0.05, 0.1) is 0 Å². The monoisotopic (exact) mass is 322 g/mol. The van der Waals surface area contributed by atoms with E-state index in [4.69, 9.17) is 0 Å². The minimum Gasteiger partial charge on any atom is -0.0599 e. The summed E-state index contributed by atoms with van der Waals surface area (Å²) in [7, 11) is 0. The summed E-state index contributed by atoms with van der Waals surface area (Å²) in [6, 6.07) is 0. The van der Waals surface area contributed by atoms with E-state index < -0.39 is 0 Å². The molecule has 0 aromatic rings. The third kappa shape index (κ3) is 12.1. The van der Waals surface area contributed by atoms with Gasteiger partial charge in [0, 0.05) is 0 Å². The van der Waals surface area contributed by atoms with Crippen molar-refractivity contribution < 1.29 is 0 Å². The predicted molar refractivity (Wildman–Crippen MR) is 106 cm³/mol. The smallest absolute Gasteiger partial charge is 0.0354 e. The molecule has 23 heavy (non-hydrogen) atoms. The van der Waals surface area contributed by atoms with Crippen molar-refractivity contribution >= 4 is 0 Å². The van der Waals surface area contributed by atoms with Crippen molar-refractivity contribution in [2.75, 3.05) is 0 Å². The molecule has 0 nitrogen and oxygen atoms in total. The molecule has 0 radical (unpaired) electrons. The van der Waals surface area contributed by atoms with E-state index in [0.717, 1.165) is 5.92 Å². The van der Waals surface area contributed by atoms with Crippen molar-refractivity contribution in [1.82, 2.24) is 0 Å². The molecular weight excluding hydrogens is 276 g/mol. The van der Waals surface area contributed by atoms with Gasteiger partial charge in [-0.1, -0.05) is 124 Å². The van der Waals surface area contributed by atoms with Gasteiger partial charge in [0.15, 0.2) is 0 Å². The van der Waals surface area contributed by atoms with Gasteiger partial charge >= 0.3 is 0 Å². The quantitative estimate of drug-likeness (QED) is 0.418. The van der Waals surface area contributed by atoms with Crippen LogP contribution in [0.5, 0.6) is 0 Å². The molecule has 0 aromatic carbocycles. The molecule has 1 saturated carbocycles. The molecule has 1 aliphatic rings. The Bertz CT molecular complexity index is 227. The lowest BCUT2D eigenvalue weighted by molar-refractivity contribution is 0.201. The van der Waals surface area contributed by atoms with Crippen LogP contribution in [0.2, 0.25) is 0 Å². The van der Waals surface area contributed by atoms with E-state index in [1.54, 1.807) is 0 Å². The average Bonchev–Trinajstić information content (AvgIpc) is 2.49. The predicted octanol–water partition coefficient (Wildman–Crippen LogP) is 8.68. The van der Waals surface area contributed by atoms with Gasteiger partial charge in [0.25, 0.3) is 0 Å². The van der Waals surface area contributed by atoms with Gasteiger partial charge in [-0.3, -0.25) is 0 Å². The van der Waals surface area contributed by atoms with Gasteiger partial charge in [-0.15, -0.1) is 0 Å². The van der Waals surface area contributed by atoms with Gasteiger partial charge in [-0.05, 0) is 24.2 Å². The standard InChI is InChI=1S/C23H46/c1-23(2,3)22-20-18-16-14-12-10-8-6-4-5-7-9-11-13-15-17-19-21-22/h22H,4-21H2,1-3H3. The zero-order valence-electron chi connectivity index (χ0n) is 16.8. The molecule has 0 unspecified atom stereocenters. The van der Waals surface area contributed by atoms with Crippen molar-refractivity contribution in [3.63, 3.8) is 0 Å². The van der Waals surface area contributed by atoms with E-state index in [1.807, 2.05) is 0 Å². The van der Waals surface area contributed by atoms with Gasteiger partial charge in [0.2, 0.25) is 0 Å². The van der Waals surface area contributed by atoms with Gasteiger partial charge < -0.3 is 0 Å². The molecule has 0 heterocycles. The molecule has 0 saturated heterocycles. The molecule has 0 aromatic heterocycles. The van der Waals surface area contributed by atoms with Crippen molar-refractivity contribution in [3.05, 3.63) is 0 Å². The summed E-state index contributed by atoms with van der Waals surface area (Å²) in [5.41, 5.74) is 0.513. The molecule has 1 fully saturated rings. The Balaban J connectivity index is 2.29. The molecule has 1 rings (SSSR count). The minimum absolute atomic E-state index is 0.513. The first-order chi connectivity index (χ1) is 11.1. The van der Waals surface area contributed by atoms with Crippen LogP contribution in [0, 0.1) is 11.3 Å². The van der Waals surface area contributed by atoms with Crippen LogP contribution in [-0.4, -0.2) is 0 Å². The second kappa shape index (κ2) is 13.3. The summed E-state index contributed by atoms with van der Waals surface area (Å²) in [6.45, 7) is 7.40. The normalized spacial score (nSPS) is 23.6. The molecular formula is C23H46. The first-order valence-electron chi connectivity index (χ1n) is 11.1. The Morgan fingerprint density at radius 2 is 0.609 bits per heavy atom. The Kier molecular flexibility index (Phi) is 12.2. The lowest BCUT2D eigenvalue weighted by Gasteiger charge is -2.31. The second-order valence-electron chi connectivity index (χ2n) is 9.30. The van der Waals surface area contributed by atoms with E-state index >= 15 is 0 Å². The summed E-state index contributed by atoms with van der Waals surface area (Å²) in [5.74, 6) is 0.949. The number of hydrogen-bond acceptors (Lipinski definition) is 0. The minimum atomic E-state index is 0.513. The first kappa shape index (κ1) is 21.0. The lowest BCUT2D eigenvalue weighted by atomic mass is 9.75. The van der Waals surface area contributed by atoms with E-state index in [9.17, 15) is 0 Å². The van der Waals surface area contributed by atoms with Crippen LogP contribution < -0.4 is 0 Å². The SMILES string of the molecule is CC(C)(C)C1CCCCCCCCCCCCCCCCCC1. The maximum Gasteiger partial charge on any atom is -0.0354 e. The largest absolute Gasteiger partial charge is 0.0599 e. The topological polar surface area (TPSA) is 0 Å². The highest BCUT2D eigenvalue weighted by molar-refractivity contribution is 4.74. The van der Waals surface area contributed by atoms with Crippen LogP contribution in [0.4, 0.5) is 0 Å². The van der Waals surface area contributed by atoms with Crippen LogP contribution in [-0.2, 0) is 0 Å². The molecule has 0 amide bonds. The Morgan fingerprint density at radius 1 is 0.391 bits per heavy atom. The molecule has 0 atom stereocenters. The van der Waals surface area contributed by atoms with Crippen LogP contribution in [0.3, 0.4) is 0 Å². The van der Waals surface area contributed by atoms with E-state index in [2.05, 4.69) is 20.8 Å². The summed E-state index contributed by atoms with van der Waals surface area (Å²) < 4.78 is 0. The molecule has 0 aliphatic heterocycles. The zero-order valence-corrected chi connectivity index (χ0v) is 16.8. The van der Waals surface area contributed by atoms with Crippen LogP contribution in [0.15, 0.2) is 0 Å². The van der Waals surface area contributed by atoms with E-state index in [0.29, 0.717) is 5.41 Å². The molecule has 138 valence electrons. The fourth-order valence-electron chi connectivity index (χ4n) is 4.27. The van der Waals surface area contributed by atoms with Crippen LogP contribution in [0.1, 0.15) is 136 Å². The highest BCUT2D eigenvalue weighted by Crippen LogP contribution is 2.34. The van der Waals surface area contributed by atoms with E-state index in [1.165, 1.54) is 116 Å². The highest BCUT2D eigenvalue weighted by atomic mass is 14.3. The maximum atomic E-state index is 2.47. The van der Waals surface area contributed by atoms with Crippen molar-refractivity contribution in [2.24, 2.45) is 11.3 Å². The van der Waals surface area contributed by atoms with Gasteiger partial charge in [-0.25, -0.2) is 0 Å². The average molecular weight is 323 g/mol. The molecule has 0 N–H and O–H groups in total. The van der Waals surface area contributed by atoms with Gasteiger partial charge in [0.1, 0.15) is 0 Å². The van der Waals surface area contributed by atoms with Gasteiger partial charge in [-0.2, -0.15) is 0 Å². The molecule has 0 spiro atoms. The maximum absolute atomic E-state index is 2.47. The Hall–Kier alpha value is 0. The summed E-state index contributed by atoms with van der Waals surface area (Å²) >= 11 is 0. The van der Waals surface area contributed by atoms with E-state index in [-0.39, 0.29) is 0 Å². The zero-order chi connectivity index (χ0) is 16.8. The van der Waals surface area contributed by atoms with Crippen LogP contribution in [0.25, 0.3) is 0 Å². The second-order valence-corrected chi connectivity index (χ2v) is 9.30. The third-order valence-corrected chi connectivity index (χ3v) is 6.08. The van der Waals surface area contributed by atoms with Crippen LogP contribution >= 0.6 is 0 Å². The van der Waals surface area contributed by atoms with Crippen molar-refractivity contribution in [3.8, 4) is 0 Å². The molecule has 0 heteroatoms. The summed E-state index contributed by atoms with van der Waals surface area (Å²) in [4.78, 5) is 0. The molecule has 0 bridgehead atoms. The Morgan fingerprint density at radius 3 is 0.826 bits per heavy atom. The molecule has 1 aliphatic carbocycles. The third-order valence-electron chi connectivity index (χ3n) is 6.08. The summed E-state index contributed by atoms with van der Waals surface area (Å²) in [5, 5.41) is 0. The van der Waals surface area contributed by atoms with Crippen molar-refractivity contribution in [1.29, 1.82) is 0 Å². The highest BCUT2D eigenvalue weighted by Gasteiger charge is 2.23. The summed E-state index contributed by atoms with van der Waals surface area (Å²) in [6.07, 6.45) is 26.7. The fraction of sp³-hybridized carbons (Fsp3) is 1.00. The lowest BCUT2D eigenvalue weighted by Crippen LogP contribution is -2.20. The Labute approximate surface area is 148 Å². The first-order valence-corrected chi connectivity index (χ1v) is 11.1. The number of hydrogen-bond donors (Lipinski definition) is 0.